The van der Waals surface area contributed by atoms with Gasteiger partial charge in [-0.05, 0) is 44.2 Å². The van der Waals surface area contributed by atoms with Gasteiger partial charge in [0.1, 0.15) is 5.75 Å². The lowest BCUT2D eigenvalue weighted by molar-refractivity contribution is -0.119. The number of benzene rings is 2. The van der Waals surface area contributed by atoms with Gasteiger partial charge in [-0.15, -0.1) is 0 Å². The molecule has 3 rings (SSSR count). The van der Waals surface area contributed by atoms with Gasteiger partial charge in [-0.3, -0.25) is 9.59 Å². The Balaban J connectivity index is 1.79. The molecule has 1 aromatic heterocycles. The van der Waals surface area contributed by atoms with Crippen LogP contribution in [0.5, 0.6) is 5.75 Å². The predicted octanol–water partition coefficient (Wildman–Crippen LogP) is 2.48. The van der Waals surface area contributed by atoms with Gasteiger partial charge in [-0.1, -0.05) is 18.2 Å². The molecule has 0 radical (unpaired) electrons. The molecule has 144 valence electrons. The molecule has 0 fully saturated rings. The van der Waals surface area contributed by atoms with Crippen LogP contribution in [0.1, 0.15) is 30.4 Å². The normalized spacial score (nSPS) is 10.8. The smallest absolute Gasteiger partial charge is 0.359 e. The zero-order valence-corrected chi connectivity index (χ0v) is 15.4. The summed E-state index contributed by atoms with van der Waals surface area (Å²) in [6.45, 7) is 3.04. The Morgan fingerprint density at radius 2 is 1.75 bits per heavy atom. The first kappa shape index (κ1) is 19.1. The molecule has 3 aromatic rings. The zero-order valence-electron chi connectivity index (χ0n) is 15.4. The number of amides is 1. The van der Waals surface area contributed by atoms with Crippen molar-refractivity contribution in [3.63, 3.8) is 0 Å². The van der Waals surface area contributed by atoms with E-state index in [2.05, 4.69) is 10.4 Å². The Morgan fingerprint density at radius 3 is 2.39 bits per heavy atom. The van der Waals surface area contributed by atoms with Crippen molar-refractivity contribution in [2.75, 3.05) is 11.9 Å². The number of phenols is 1. The molecule has 0 saturated heterocycles. The molecular formula is C20H19N3O5. The zero-order chi connectivity index (χ0) is 20.3. The lowest BCUT2D eigenvalue weighted by Crippen LogP contribution is -2.28. The van der Waals surface area contributed by atoms with Crippen molar-refractivity contribution >= 4 is 28.3 Å². The molecule has 2 aromatic carbocycles. The average molecular weight is 381 g/mol. The molecule has 0 unspecified atom stereocenters. The van der Waals surface area contributed by atoms with E-state index in [-0.39, 0.29) is 23.0 Å². The summed E-state index contributed by atoms with van der Waals surface area (Å²) in [5, 5.41) is 16.7. The van der Waals surface area contributed by atoms with Crippen LogP contribution in [0.2, 0.25) is 0 Å². The Bertz CT molecular complexity index is 1090. The van der Waals surface area contributed by atoms with Crippen molar-refractivity contribution in [2.45, 2.75) is 19.9 Å². The van der Waals surface area contributed by atoms with E-state index in [0.29, 0.717) is 16.5 Å². The van der Waals surface area contributed by atoms with E-state index in [1.807, 2.05) is 0 Å². The van der Waals surface area contributed by atoms with Gasteiger partial charge in [0.05, 0.1) is 11.4 Å². The SMILES string of the molecule is CC(C)n1nc(C(=O)OCC(=O)Nc2ccc(O)cc2)c2ccccc2c1=O. The monoisotopic (exact) mass is 381 g/mol. The molecule has 0 aliphatic rings. The van der Waals surface area contributed by atoms with Crippen LogP contribution in [0.15, 0.2) is 53.3 Å². The number of phenolic OH excluding ortho intramolecular Hbond substituents is 1. The number of carbonyl (C=O) groups is 2. The van der Waals surface area contributed by atoms with E-state index < -0.39 is 18.5 Å². The van der Waals surface area contributed by atoms with Crippen molar-refractivity contribution in [3.8, 4) is 5.75 Å². The minimum Gasteiger partial charge on any atom is -0.508 e. The summed E-state index contributed by atoms with van der Waals surface area (Å²) in [5.41, 5.74) is 0.129. The van der Waals surface area contributed by atoms with Crippen molar-refractivity contribution in [3.05, 3.63) is 64.6 Å². The summed E-state index contributed by atoms with van der Waals surface area (Å²) < 4.78 is 6.31. The summed E-state index contributed by atoms with van der Waals surface area (Å²) in [5.74, 6) is -1.27. The van der Waals surface area contributed by atoms with E-state index in [4.69, 9.17) is 4.74 Å². The molecular weight excluding hydrogens is 362 g/mol. The minimum absolute atomic E-state index is 0.0265. The molecule has 1 amide bonds. The van der Waals surface area contributed by atoms with Crippen LogP contribution in [-0.2, 0) is 9.53 Å². The number of esters is 1. The number of anilines is 1. The summed E-state index contributed by atoms with van der Waals surface area (Å²) in [6.07, 6.45) is 0. The summed E-state index contributed by atoms with van der Waals surface area (Å²) in [4.78, 5) is 37.0. The summed E-state index contributed by atoms with van der Waals surface area (Å²) in [7, 11) is 0. The first-order valence-electron chi connectivity index (χ1n) is 8.64. The molecule has 0 atom stereocenters. The number of hydrogen-bond acceptors (Lipinski definition) is 6. The lowest BCUT2D eigenvalue weighted by atomic mass is 10.1. The molecule has 1 heterocycles. The van der Waals surface area contributed by atoms with Gasteiger partial charge in [-0.25, -0.2) is 9.48 Å². The Kier molecular flexibility index (Phi) is 5.39. The Morgan fingerprint density at radius 1 is 1.11 bits per heavy atom. The number of aromatic hydroxyl groups is 1. The fourth-order valence-electron chi connectivity index (χ4n) is 2.65. The number of carbonyl (C=O) groups excluding carboxylic acids is 2. The highest BCUT2D eigenvalue weighted by molar-refractivity contribution is 6.03. The highest BCUT2D eigenvalue weighted by Gasteiger charge is 2.20. The van der Waals surface area contributed by atoms with Gasteiger partial charge < -0.3 is 15.2 Å². The van der Waals surface area contributed by atoms with E-state index in [0.717, 1.165) is 0 Å². The van der Waals surface area contributed by atoms with Crippen LogP contribution in [0.4, 0.5) is 5.69 Å². The van der Waals surface area contributed by atoms with Crippen molar-refractivity contribution in [2.24, 2.45) is 0 Å². The first-order valence-corrected chi connectivity index (χ1v) is 8.64. The topological polar surface area (TPSA) is 111 Å². The third-order valence-corrected chi connectivity index (χ3v) is 4.00. The largest absolute Gasteiger partial charge is 0.508 e. The van der Waals surface area contributed by atoms with Crippen LogP contribution in [0, 0.1) is 0 Å². The number of rotatable bonds is 5. The van der Waals surface area contributed by atoms with Gasteiger partial charge in [0.15, 0.2) is 12.3 Å². The number of ether oxygens (including phenoxy) is 1. The molecule has 8 nitrogen and oxygen atoms in total. The molecule has 2 N–H and O–H groups in total. The fraction of sp³-hybridized carbons (Fsp3) is 0.200. The van der Waals surface area contributed by atoms with E-state index in [1.165, 1.54) is 28.9 Å². The van der Waals surface area contributed by atoms with E-state index >= 15 is 0 Å². The predicted molar refractivity (Wildman–Crippen MR) is 103 cm³/mol. The third kappa shape index (κ3) is 4.01. The fourth-order valence-corrected chi connectivity index (χ4v) is 2.65. The quantitative estimate of drug-likeness (QED) is 0.519. The maximum Gasteiger partial charge on any atom is 0.359 e. The van der Waals surface area contributed by atoms with Gasteiger partial charge in [-0.2, -0.15) is 5.10 Å². The highest BCUT2D eigenvalue weighted by Crippen LogP contribution is 2.16. The van der Waals surface area contributed by atoms with Crippen molar-refractivity contribution < 1.29 is 19.4 Å². The van der Waals surface area contributed by atoms with E-state index in [1.54, 1.807) is 38.1 Å². The first-order chi connectivity index (χ1) is 13.4. The lowest BCUT2D eigenvalue weighted by Gasteiger charge is -2.13. The standard InChI is InChI=1S/C20H19N3O5/c1-12(2)23-19(26)16-6-4-3-5-15(16)18(22-23)20(27)28-11-17(25)21-13-7-9-14(24)10-8-13/h3-10,12,24H,11H2,1-2H3,(H,21,25). The van der Waals surface area contributed by atoms with Crippen LogP contribution in [-0.4, -0.2) is 33.4 Å². The highest BCUT2D eigenvalue weighted by atomic mass is 16.5. The van der Waals surface area contributed by atoms with Crippen molar-refractivity contribution in [1.82, 2.24) is 9.78 Å². The molecule has 0 aliphatic carbocycles. The van der Waals surface area contributed by atoms with Crippen molar-refractivity contribution in [1.29, 1.82) is 0 Å². The third-order valence-electron chi connectivity index (χ3n) is 4.00. The van der Waals surface area contributed by atoms with Crippen LogP contribution in [0.25, 0.3) is 10.8 Å². The van der Waals surface area contributed by atoms with Crippen LogP contribution >= 0.6 is 0 Å². The van der Waals surface area contributed by atoms with Gasteiger partial charge in [0, 0.05) is 11.1 Å². The molecule has 8 heteroatoms. The minimum atomic E-state index is -0.800. The second-order valence-electron chi connectivity index (χ2n) is 6.41. The molecule has 0 bridgehead atoms. The summed E-state index contributed by atoms with van der Waals surface area (Å²) >= 11 is 0. The number of fused-ring (bicyclic) bond motifs is 1. The molecule has 0 aliphatic heterocycles. The number of nitrogens with one attached hydrogen (secondary N) is 1. The van der Waals surface area contributed by atoms with Crippen LogP contribution in [0.3, 0.4) is 0 Å². The van der Waals surface area contributed by atoms with E-state index in [9.17, 15) is 19.5 Å². The summed E-state index contributed by atoms with van der Waals surface area (Å²) in [6, 6.07) is 12.3. The average Bonchev–Trinajstić information content (AvgIpc) is 2.68. The molecule has 0 saturated carbocycles. The van der Waals surface area contributed by atoms with Crippen LogP contribution < -0.4 is 10.9 Å². The Labute approximate surface area is 160 Å². The van der Waals surface area contributed by atoms with Gasteiger partial charge >= 0.3 is 5.97 Å². The maximum atomic E-state index is 12.5. The number of aromatic nitrogens is 2. The second-order valence-corrected chi connectivity index (χ2v) is 6.41. The van der Waals surface area contributed by atoms with Gasteiger partial charge in [0.25, 0.3) is 11.5 Å². The number of hydrogen-bond donors (Lipinski definition) is 2. The second kappa shape index (κ2) is 7.91. The maximum absolute atomic E-state index is 12.5. The van der Waals surface area contributed by atoms with Gasteiger partial charge in [0.2, 0.25) is 0 Å². The molecule has 28 heavy (non-hydrogen) atoms. The number of nitrogens with zero attached hydrogens (tertiary/aromatic N) is 2. The molecule has 0 spiro atoms. The Hall–Kier alpha value is -3.68.